The molecular formula is C19H14BrNO4S. The first-order valence-electron chi connectivity index (χ1n) is 7.60. The zero-order valence-corrected chi connectivity index (χ0v) is 15.8. The summed E-state index contributed by atoms with van der Waals surface area (Å²) in [5.41, 5.74) is 0.120. The normalized spacial score (nSPS) is 11.0. The molecule has 26 heavy (non-hydrogen) atoms. The van der Waals surface area contributed by atoms with Gasteiger partial charge in [-0.25, -0.2) is 13.1 Å². The molecule has 0 radical (unpaired) electrons. The molecule has 0 atom stereocenters. The lowest BCUT2D eigenvalue weighted by atomic mass is 10.2. The molecule has 0 fully saturated rings. The number of nitrogens with one attached hydrogen (secondary N) is 1. The van der Waals surface area contributed by atoms with E-state index in [0.717, 1.165) is 0 Å². The van der Waals surface area contributed by atoms with Crippen molar-refractivity contribution in [2.24, 2.45) is 0 Å². The van der Waals surface area contributed by atoms with Crippen molar-refractivity contribution in [3.63, 3.8) is 0 Å². The Hall–Kier alpha value is -2.64. The molecule has 0 spiro atoms. The topological polar surface area (TPSA) is 72.5 Å². The molecule has 3 rings (SSSR count). The summed E-state index contributed by atoms with van der Waals surface area (Å²) in [7, 11) is -4.00. The quantitative estimate of drug-likeness (QED) is 0.651. The van der Waals surface area contributed by atoms with Crippen molar-refractivity contribution in [3.05, 3.63) is 88.9 Å². The zero-order chi connectivity index (χ0) is 18.6. The van der Waals surface area contributed by atoms with E-state index in [2.05, 4.69) is 20.7 Å². The van der Waals surface area contributed by atoms with E-state index in [1.807, 2.05) is 6.07 Å². The summed E-state index contributed by atoms with van der Waals surface area (Å²) in [6, 6.07) is 21.5. The summed E-state index contributed by atoms with van der Waals surface area (Å²) in [6.07, 6.45) is 0. The minimum Gasteiger partial charge on any atom is -0.457 e. The predicted octanol–water partition coefficient (Wildman–Crippen LogP) is 4.36. The molecule has 3 aromatic rings. The number of hydrogen-bond donors (Lipinski definition) is 1. The van der Waals surface area contributed by atoms with Crippen LogP contribution in [-0.2, 0) is 10.0 Å². The van der Waals surface area contributed by atoms with Crippen LogP contribution < -0.4 is 9.46 Å². The van der Waals surface area contributed by atoms with Crippen molar-refractivity contribution in [1.29, 1.82) is 0 Å². The molecule has 0 saturated carbocycles. The van der Waals surface area contributed by atoms with E-state index >= 15 is 0 Å². The Bertz CT molecular complexity index is 1040. The van der Waals surface area contributed by atoms with Gasteiger partial charge in [0.1, 0.15) is 11.5 Å². The Morgan fingerprint density at radius 3 is 2.31 bits per heavy atom. The lowest BCUT2D eigenvalue weighted by Gasteiger charge is -2.12. The van der Waals surface area contributed by atoms with Crippen LogP contribution in [0.1, 0.15) is 10.4 Å². The monoisotopic (exact) mass is 431 g/mol. The van der Waals surface area contributed by atoms with Crippen LogP contribution in [0.5, 0.6) is 11.5 Å². The Balaban J connectivity index is 1.86. The lowest BCUT2D eigenvalue weighted by Crippen LogP contribution is -2.30. The van der Waals surface area contributed by atoms with E-state index in [-0.39, 0.29) is 16.2 Å². The Morgan fingerprint density at radius 2 is 1.58 bits per heavy atom. The van der Waals surface area contributed by atoms with Gasteiger partial charge in [-0.05, 0) is 42.5 Å². The van der Waals surface area contributed by atoms with Crippen LogP contribution in [0.4, 0.5) is 0 Å². The SMILES string of the molecule is O=C(NS(=O)(=O)c1cccc(Br)c1)c1ccccc1Oc1ccccc1. The molecule has 0 heterocycles. The average Bonchev–Trinajstić information content (AvgIpc) is 2.62. The van der Waals surface area contributed by atoms with Gasteiger partial charge in [0.25, 0.3) is 15.9 Å². The molecule has 5 nitrogen and oxygen atoms in total. The molecular weight excluding hydrogens is 418 g/mol. The smallest absolute Gasteiger partial charge is 0.268 e. The van der Waals surface area contributed by atoms with Crippen molar-refractivity contribution in [1.82, 2.24) is 4.72 Å². The van der Waals surface area contributed by atoms with Gasteiger partial charge in [-0.1, -0.05) is 52.3 Å². The van der Waals surface area contributed by atoms with Gasteiger partial charge in [0.15, 0.2) is 0 Å². The number of carbonyl (C=O) groups is 1. The first kappa shape index (κ1) is 18.2. The van der Waals surface area contributed by atoms with Gasteiger partial charge < -0.3 is 4.74 Å². The van der Waals surface area contributed by atoms with Gasteiger partial charge in [0.2, 0.25) is 0 Å². The second-order valence-corrected chi connectivity index (χ2v) is 7.90. The number of benzene rings is 3. The number of para-hydroxylation sites is 2. The third-order valence-electron chi connectivity index (χ3n) is 3.44. The third-order valence-corrected chi connectivity index (χ3v) is 5.26. The summed E-state index contributed by atoms with van der Waals surface area (Å²) in [5, 5.41) is 0. The van der Waals surface area contributed by atoms with E-state index in [1.165, 1.54) is 18.2 Å². The van der Waals surface area contributed by atoms with Crippen molar-refractivity contribution >= 4 is 31.9 Å². The number of ether oxygens (including phenoxy) is 1. The fourth-order valence-electron chi connectivity index (χ4n) is 2.23. The van der Waals surface area contributed by atoms with Gasteiger partial charge in [-0.2, -0.15) is 0 Å². The average molecular weight is 432 g/mol. The molecule has 1 N–H and O–H groups in total. The molecule has 0 saturated heterocycles. The van der Waals surface area contributed by atoms with Crippen molar-refractivity contribution in [2.75, 3.05) is 0 Å². The second kappa shape index (κ2) is 7.72. The van der Waals surface area contributed by atoms with Gasteiger partial charge in [-0.3, -0.25) is 4.79 Å². The highest BCUT2D eigenvalue weighted by molar-refractivity contribution is 9.10. The predicted molar refractivity (Wildman–Crippen MR) is 102 cm³/mol. The van der Waals surface area contributed by atoms with Gasteiger partial charge in [-0.15, -0.1) is 0 Å². The maximum absolute atomic E-state index is 12.5. The summed E-state index contributed by atoms with van der Waals surface area (Å²) in [4.78, 5) is 12.5. The van der Waals surface area contributed by atoms with Crippen LogP contribution in [0.3, 0.4) is 0 Å². The van der Waals surface area contributed by atoms with Gasteiger partial charge in [0.05, 0.1) is 10.5 Å². The first-order valence-corrected chi connectivity index (χ1v) is 9.88. The third kappa shape index (κ3) is 4.30. The second-order valence-electron chi connectivity index (χ2n) is 5.30. The summed E-state index contributed by atoms with van der Waals surface area (Å²) in [6.45, 7) is 0. The van der Waals surface area contributed by atoms with Crippen LogP contribution in [-0.4, -0.2) is 14.3 Å². The van der Waals surface area contributed by atoms with Crippen LogP contribution >= 0.6 is 15.9 Å². The van der Waals surface area contributed by atoms with Crippen LogP contribution in [0.2, 0.25) is 0 Å². The van der Waals surface area contributed by atoms with E-state index in [1.54, 1.807) is 54.6 Å². The highest BCUT2D eigenvalue weighted by atomic mass is 79.9. The van der Waals surface area contributed by atoms with E-state index < -0.39 is 15.9 Å². The van der Waals surface area contributed by atoms with Gasteiger partial charge in [0, 0.05) is 4.47 Å². The van der Waals surface area contributed by atoms with Crippen LogP contribution in [0.25, 0.3) is 0 Å². The van der Waals surface area contributed by atoms with Crippen LogP contribution in [0, 0.1) is 0 Å². The minimum atomic E-state index is -4.00. The zero-order valence-electron chi connectivity index (χ0n) is 13.4. The summed E-state index contributed by atoms with van der Waals surface area (Å²) in [5.74, 6) is 0.0414. The van der Waals surface area contributed by atoms with Crippen molar-refractivity contribution in [3.8, 4) is 11.5 Å². The van der Waals surface area contributed by atoms with Crippen LogP contribution in [0.15, 0.2) is 88.2 Å². The summed E-state index contributed by atoms with van der Waals surface area (Å²) >= 11 is 3.22. The maximum atomic E-state index is 12.5. The molecule has 7 heteroatoms. The highest BCUT2D eigenvalue weighted by Crippen LogP contribution is 2.25. The molecule has 0 unspecified atom stereocenters. The molecule has 1 amide bonds. The Labute approximate surface area is 159 Å². The number of carbonyl (C=O) groups excluding carboxylic acids is 1. The lowest BCUT2D eigenvalue weighted by molar-refractivity contribution is 0.0979. The number of rotatable bonds is 5. The van der Waals surface area contributed by atoms with Crippen molar-refractivity contribution < 1.29 is 17.9 Å². The van der Waals surface area contributed by atoms with E-state index in [9.17, 15) is 13.2 Å². The largest absolute Gasteiger partial charge is 0.457 e. The number of amides is 1. The summed E-state index contributed by atoms with van der Waals surface area (Å²) < 4.78 is 33.3. The first-order chi connectivity index (χ1) is 12.5. The standard InChI is InChI=1S/C19H14BrNO4S/c20-14-7-6-10-16(13-14)26(23,24)21-19(22)17-11-4-5-12-18(17)25-15-8-2-1-3-9-15/h1-13H,(H,21,22). The van der Waals surface area contributed by atoms with Gasteiger partial charge >= 0.3 is 0 Å². The molecule has 0 aromatic heterocycles. The molecule has 132 valence electrons. The fourth-order valence-corrected chi connectivity index (χ4v) is 3.79. The fraction of sp³-hybridized carbons (Fsp3) is 0. The molecule has 0 bridgehead atoms. The Morgan fingerprint density at radius 1 is 0.885 bits per heavy atom. The molecule has 0 aliphatic carbocycles. The number of sulfonamides is 1. The van der Waals surface area contributed by atoms with E-state index in [4.69, 9.17) is 4.74 Å². The molecule has 0 aliphatic rings. The number of halogens is 1. The van der Waals surface area contributed by atoms with E-state index in [0.29, 0.717) is 10.2 Å². The Kier molecular flexibility index (Phi) is 5.39. The molecule has 0 aliphatic heterocycles. The minimum absolute atomic E-state index is 0.0123. The molecule has 3 aromatic carbocycles. The van der Waals surface area contributed by atoms with Crippen molar-refractivity contribution in [2.45, 2.75) is 4.90 Å². The number of hydrogen-bond acceptors (Lipinski definition) is 4. The maximum Gasteiger partial charge on any atom is 0.268 e. The highest BCUT2D eigenvalue weighted by Gasteiger charge is 2.21.